The van der Waals surface area contributed by atoms with E-state index in [1.807, 2.05) is 13.0 Å². The molecular formula is C57H90O5. The smallest absolute Gasteiger partial charge is 0.111 e. The maximum atomic E-state index is 12.5. The maximum absolute atomic E-state index is 12.5. The molecule has 3 aliphatic heterocycles. The van der Waals surface area contributed by atoms with E-state index in [0.29, 0.717) is 30.4 Å². The minimum atomic E-state index is -0.793. The average Bonchev–Trinajstić information content (AvgIpc) is 3.20. The molecule has 0 aromatic rings. The highest BCUT2D eigenvalue weighted by Gasteiger charge is 2.54. The summed E-state index contributed by atoms with van der Waals surface area (Å²) >= 11 is 0. The van der Waals surface area contributed by atoms with Gasteiger partial charge >= 0.3 is 0 Å². The Morgan fingerprint density at radius 3 is 2.52 bits per heavy atom. The highest BCUT2D eigenvalue weighted by atomic mass is 16.5. The first-order valence-corrected chi connectivity index (χ1v) is 25.7. The van der Waals surface area contributed by atoms with Crippen LogP contribution >= 0.6 is 0 Å². The molecule has 348 valence electrons. The van der Waals surface area contributed by atoms with Gasteiger partial charge in [0.05, 0.1) is 28.7 Å². The first-order valence-electron chi connectivity index (χ1n) is 25.7. The van der Waals surface area contributed by atoms with Gasteiger partial charge in [-0.05, 0) is 220 Å². The lowest BCUT2D eigenvalue weighted by Gasteiger charge is -2.56. The fourth-order valence-corrected chi connectivity index (χ4v) is 12.9. The van der Waals surface area contributed by atoms with Crippen molar-refractivity contribution < 1.29 is 24.8 Å². The Hall–Kier alpha value is -2.18. The molecule has 0 radical (unpaired) electrons. The van der Waals surface area contributed by atoms with E-state index < -0.39 is 17.3 Å². The summed E-state index contributed by atoms with van der Waals surface area (Å²) in [5, 5.41) is 33.8. The van der Waals surface area contributed by atoms with Gasteiger partial charge in [-0.1, -0.05) is 89.2 Å². The molecule has 3 N–H and O–H groups in total. The molecule has 2 saturated heterocycles. The van der Waals surface area contributed by atoms with Gasteiger partial charge in [0.2, 0.25) is 0 Å². The van der Waals surface area contributed by atoms with E-state index in [9.17, 15) is 15.3 Å². The van der Waals surface area contributed by atoms with E-state index in [4.69, 9.17) is 9.47 Å². The topological polar surface area (TPSA) is 79.2 Å². The van der Waals surface area contributed by atoms with E-state index in [0.717, 1.165) is 89.4 Å². The van der Waals surface area contributed by atoms with Crippen molar-refractivity contribution in [1.29, 1.82) is 0 Å². The normalized spacial score (nSPS) is 37.1. The monoisotopic (exact) mass is 855 g/mol. The molecule has 6 aliphatic rings. The SMILES string of the molecule is CCC(C)CCCC1(C)CCC2=CC(C3C/C(C)=C/CCC(C)CCCC4(C)CCC5=CC(O)C3=C(C)C5O4)C3=C(C(CCCC(C)(O)CC/C=C(\C)O)CC=C3C)C2(CC)O1. The van der Waals surface area contributed by atoms with Gasteiger partial charge in [-0.25, -0.2) is 0 Å². The summed E-state index contributed by atoms with van der Waals surface area (Å²) in [5.74, 6) is 2.24. The Kier molecular flexibility index (Phi) is 16.3. The molecular weight excluding hydrogens is 765 g/mol. The van der Waals surface area contributed by atoms with E-state index in [1.165, 1.54) is 83.1 Å². The van der Waals surface area contributed by atoms with Crippen molar-refractivity contribution in [1.82, 2.24) is 0 Å². The highest BCUT2D eigenvalue weighted by Crippen LogP contribution is 2.59. The number of fused-ring (bicyclic) bond motifs is 3. The number of aliphatic hydroxyl groups excluding tert-OH is 2. The zero-order chi connectivity index (χ0) is 45.0. The van der Waals surface area contributed by atoms with E-state index in [2.05, 4.69) is 86.6 Å². The second kappa shape index (κ2) is 20.6. The predicted octanol–water partition coefficient (Wildman–Crippen LogP) is 15.0. The summed E-state index contributed by atoms with van der Waals surface area (Å²) in [5.41, 5.74) is 9.34. The molecule has 2 fully saturated rings. The van der Waals surface area contributed by atoms with Gasteiger partial charge in [-0.3, -0.25) is 0 Å². The molecule has 5 heteroatoms. The quantitative estimate of drug-likeness (QED) is 0.120. The van der Waals surface area contributed by atoms with Gasteiger partial charge in [-0.2, -0.15) is 0 Å². The molecule has 62 heavy (non-hydrogen) atoms. The van der Waals surface area contributed by atoms with Crippen molar-refractivity contribution in [2.45, 2.75) is 246 Å². The minimum Gasteiger partial charge on any atom is -0.513 e. The minimum absolute atomic E-state index is 0.0737. The second-order valence-corrected chi connectivity index (χ2v) is 22.5. The van der Waals surface area contributed by atoms with Crippen LogP contribution in [0.3, 0.4) is 0 Å². The Morgan fingerprint density at radius 1 is 1.02 bits per heavy atom. The Balaban J connectivity index is 1.47. The number of ether oxygens (including phenoxy) is 2. The van der Waals surface area contributed by atoms with Crippen LogP contribution in [0.25, 0.3) is 0 Å². The van der Waals surface area contributed by atoms with Crippen LogP contribution in [0.2, 0.25) is 0 Å². The lowest BCUT2D eigenvalue weighted by Crippen LogP contribution is -2.54. The molecule has 0 saturated carbocycles. The fraction of sp³-hybridized carbons (Fsp3) is 0.754. The molecule has 5 nitrogen and oxygen atoms in total. The van der Waals surface area contributed by atoms with Crippen molar-refractivity contribution in [2.24, 2.45) is 29.6 Å². The number of rotatable bonds is 14. The van der Waals surface area contributed by atoms with Crippen LogP contribution in [0.4, 0.5) is 0 Å². The van der Waals surface area contributed by atoms with Crippen LogP contribution in [-0.4, -0.2) is 49.9 Å². The Bertz CT molecular complexity index is 1800. The van der Waals surface area contributed by atoms with Crippen molar-refractivity contribution in [2.75, 3.05) is 0 Å². The third-order valence-corrected chi connectivity index (χ3v) is 17.0. The fourth-order valence-electron chi connectivity index (χ4n) is 12.9. The molecule has 3 heterocycles. The summed E-state index contributed by atoms with van der Waals surface area (Å²) in [6, 6.07) is 0. The zero-order valence-electron chi connectivity index (χ0n) is 41.4. The summed E-state index contributed by atoms with van der Waals surface area (Å²) in [4.78, 5) is 0. The number of aliphatic hydroxyl groups is 3. The molecule has 3 aliphatic carbocycles. The standard InChI is InChI=1S/C57H90O5/c1-12-38(3)21-15-32-56(11)34-28-46-37-48(50-41(6)25-26-44(52(50)57(46,13-2)62-56)24-18-30-54(9,60)29-17-23-42(7)58)47-35-40(5)20-14-19-39(4)22-16-31-55(10)33-27-45-36-49(59)51(47)43(8)53(45)61-55/h20,23,25,36-39,44,47-49,53,58-60H,12-19,21-22,24,26-35H2,1-11H3/b40-20+,42-23+. The molecule has 0 amide bonds. The molecule has 3 bridgehead atoms. The second-order valence-electron chi connectivity index (χ2n) is 22.5. The van der Waals surface area contributed by atoms with Gasteiger partial charge in [0.15, 0.2) is 0 Å². The van der Waals surface area contributed by atoms with Crippen molar-refractivity contribution in [3.05, 3.63) is 80.7 Å². The zero-order valence-corrected chi connectivity index (χ0v) is 41.4. The first kappa shape index (κ1) is 49.3. The van der Waals surface area contributed by atoms with Crippen LogP contribution < -0.4 is 0 Å². The van der Waals surface area contributed by atoms with Gasteiger partial charge < -0.3 is 24.8 Å². The average molecular weight is 855 g/mol. The molecule has 0 spiro atoms. The summed E-state index contributed by atoms with van der Waals surface area (Å²) in [7, 11) is 0. The predicted molar refractivity (Wildman–Crippen MR) is 259 cm³/mol. The van der Waals surface area contributed by atoms with Gasteiger partial charge in [0.1, 0.15) is 11.7 Å². The van der Waals surface area contributed by atoms with Crippen LogP contribution in [-0.2, 0) is 9.47 Å². The Morgan fingerprint density at radius 2 is 1.79 bits per heavy atom. The lowest BCUT2D eigenvalue weighted by molar-refractivity contribution is -0.148. The van der Waals surface area contributed by atoms with E-state index in [-0.39, 0.29) is 29.1 Å². The number of hydrogen-bond donors (Lipinski definition) is 3. The Labute approximate surface area is 379 Å². The summed E-state index contributed by atoms with van der Waals surface area (Å²) in [6.07, 6.45) is 32.5. The van der Waals surface area contributed by atoms with Crippen LogP contribution in [0.1, 0.15) is 211 Å². The molecule has 0 aromatic heterocycles. The molecule has 6 rings (SSSR count). The lowest BCUT2D eigenvalue weighted by atomic mass is 9.57. The summed E-state index contributed by atoms with van der Waals surface area (Å²) < 4.78 is 15.1. The van der Waals surface area contributed by atoms with Crippen molar-refractivity contribution in [3.63, 3.8) is 0 Å². The van der Waals surface area contributed by atoms with Gasteiger partial charge in [0.25, 0.3) is 0 Å². The molecule has 11 unspecified atom stereocenters. The largest absolute Gasteiger partial charge is 0.513 e. The number of allylic oxidation sites excluding steroid dienone is 8. The third kappa shape index (κ3) is 11.2. The van der Waals surface area contributed by atoms with Gasteiger partial charge in [0, 0.05) is 5.92 Å². The van der Waals surface area contributed by atoms with Crippen LogP contribution in [0, 0.1) is 29.6 Å². The maximum Gasteiger partial charge on any atom is 0.111 e. The molecule has 0 aromatic carbocycles. The van der Waals surface area contributed by atoms with Crippen molar-refractivity contribution in [3.8, 4) is 0 Å². The van der Waals surface area contributed by atoms with E-state index in [1.54, 1.807) is 6.92 Å². The summed E-state index contributed by atoms with van der Waals surface area (Å²) in [6.45, 7) is 24.9. The highest BCUT2D eigenvalue weighted by molar-refractivity contribution is 5.56. The third-order valence-electron chi connectivity index (χ3n) is 17.0. The first-order chi connectivity index (χ1) is 29.3. The van der Waals surface area contributed by atoms with E-state index >= 15 is 0 Å². The van der Waals surface area contributed by atoms with Crippen LogP contribution in [0.15, 0.2) is 80.7 Å². The van der Waals surface area contributed by atoms with Gasteiger partial charge in [-0.15, -0.1) is 0 Å². The van der Waals surface area contributed by atoms with Crippen molar-refractivity contribution >= 4 is 0 Å². The van der Waals surface area contributed by atoms with Crippen LogP contribution in [0.5, 0.6) is 0 Å². The number of hydrogen-bond acceptors (Lipinski definition) is 5. The molecule has 11 atom stereocenters.